The fraction of sp³-hybridized carbons (Fsp3) is 0.208. The Kier molecular flexibility index (Phi) is 5.20. The molecule has 1 unspecified atom stereocenters. The average Bonchev–Trinajstić information content (AvgIpc) is 3.32. The number of aromatic nitrogens is 3. The fourth-order valence-electron chi connectivity index (χ4n) is 4.24. The van der Waals surface area contributed by atoms with Crippen molar-refractivity contribution in [1.82, 2.24) is 14.8 Å². The van der Waals surface area contributed by atoms with Crippen LogP contribution in [0.25, 0.3) is 22.3 Å². The van der Waals surface area contributed by atoms with Gasteiger partial charge in [0.15, 0.2) is 15.5 Å². The summed E-state index contributed by atoms with van der Waals surface area (Å²) in [6.07, 6.45) is 0.445. The Labute approximate surface area is 190 Å². The van der Waals surface area contributed by atoms with Crippen molar-refractivity contribution in [1.29, 1.82) is 0 Å². The molecule has 3 heterocycles. The molecule has 2 aromatic heterocycles. The minimum Gasteiger partial charge on any atom is -0.322 e. The molecule has 0 aliphatic carbocycles. The van der Waals surface area contributed by atoms with Gasteiger partial charge in [0, 0.05) is 11.3 Å². The van der Waals surface area contributed by atoms with Gasteiger partial charge in [-0.3, -0.25) is 4.79 Å². The van der Waals surface area contributed by atoms with Crippen LogP contribution in [0.15, 0.2) is 60.7 Å². The van der Waals surface area contributed by atoms with Crippen LogP contribution in [0.1, 0.15) is 28.5 Å². The molecule has 7 nitrogen and oxygen atoms in total. The summed E-state index contributed by atoms with van der Waals surface area (Å²) in [5, 5.41) is 7.88. The van der Waals surface area contributed by atoms with E-state index in [-0.39, 0.29) is 17.5 Å². The number of halogens is 1. The van der Waals surface area contributed by atoms with Gasteiger partial charge in [0.05, 0.1) is 39.9 Å². The first-order valence-electron chi connectivity index (χ1n) is 10.5. The molecule has 9 heteroatoms. The molecular formula is C24H21FN4O3S. The van der Waals surface area contributed by atoms with Gasteiger partial charge in [-0.25, -0.2) is 22.5 Å². The van der Waals surface area contributed by atoms with Gasteiger partial charge in [-0.05, 0) is 37.6 Å². The highest BCUT2D eigenvalue weighted by atomic mass is 32.2. The number of carbonyl (C=O) groups excluding carboxylic acids is 1. The molecule has 1 aliphatic heterocycles. The first-order valence-corrected chi connectivity index (χ1v) is 12.4. The predicted octanol–water partition coefficient (Wildman–Crippen LogP) is 4.16. The van der Waals surface area contributed by atoms with E-state index in [0.29, 0.717) is 40.1 Å². The summed E-state index contributed by atoms with van der Waals surface area (Å²) in [5.41, 5.74) is 3.08. The molecule has 0 radical (unpaired) electrons. The molecular weight excluding hydrogens is 443 g/mol. The van der Waals surface area contributed by atoms with Crippen LogP contribution >= 0.6 is 0 Å². The molecule has 1 atom stereocenters. The lowest BCUT2D eigenvalue weighted by atomic mass is 10.0. The number of benzene rings is 2. The maximum absolute atomic E-state index is 13.6. The van der Waals surface area contributed by atoms with Crippen LogP contribution in [0.2, 0.25) is 0 Å². The Morgan fingerprint density at radius 2 is 1.91 bits per heavy atom. The highest BCUT2D eigenvalue weighted by Gasteiger charge is 2.32. The number of pyridine rings is 1. The van der Waals surface area contributed by atoms with Crippen LogP contribution in [0.4, 0.5) is 10.1 Å². The van der Waals surface area contributed by atoms with Crippen molar-refractivity contribution in [3.05, 3.63) is 77.7 Å². The van der Waals surface area contributed by atoms with Crippen molar-refractivity contribution in [3.8, 4) is 11.3 Å². The maximum Gasteiger partial charge on any atom is 0.256 e. The number of aryl methyl sites for hydroxylation is 1. The number of rotatable bonds is 4. The molecule has 1 aliphatic rings. The standard InChI is InChI=1S/C24H21FN4O3S/c1-15-22-20(24(30)26-18-9-5-8-17(25)12-18)13-21(16-6-3-2-4-7-16)27-23(22)29(28-15)19-10-11-33(31,32)14-19/h2-9,12-13,19H,10-11,14H2,1H3,(H,26,30). The quantitative estimate of drug-likeness (QED) is 0.490. The number of hydrogen-bond acceptors (Lipinski definition) is 5. The van der Waals surface area contributed by atoms with Crippen molar-refractivity contribution in [2.24, 2.45) is 0 Å². The summed E-state index contributed by atoms with van der Waals surface area (Å²) >= 11 is 0. The molecule has 0 bridgehead atoms. The monoisotopic (exact) mass is 464 g/mol. The number of anilines is 1. The SMILES string of the molecule is Cc1nn(C2CCS(=O)(=O)C2)c2nc(-c3ccccc3)cc(C(=O)Nc3cccc(F)c3)c12. The summed E-state index contributed by atoms with van der Waals surface area (Å²) < 4.78 is 39.5. The summed E-state index contributed by atoms with van der Waals surface area (Å²) in [4.78, 5) is 18.1. The summed E-state index contributed by atoms with van der Waals surface area (Å²) in [7, 11) is -3.14. The Morgan fingerprint density at radius 3 is 2.61 bits per heavy atom. The van der Waals surface area contributed by atoms with E-state index in [1.807, 2.05) is 30.3 Å². The predicted molar refractivity (Wildman–Crippen MR) is 124 cm³/mol. The van der Waals surface area contributed by atoms with Gasteiger partial charge in [-0.1, -0.05) is 36.4 Å². The summed E-state index contributed by atoms with van der Waals surface area (Å²) in [6.45, 7) is 1.77. The smallest absolute Gasteiger partial charge is 0.256 e. The number of sulfone groups is 1. The van der Waals surface area contributed by atoms with E-state index in [0.717, 1.165) is 5.56 Å². The number of nitrogens with one attached hydrogen (secondary N) is 1. The normalized spacial score (nSPS) is 17.3. The molecule has 2 aromatic carbocycles. The van der Waals surface area contributed by atoms with E-state index in [4.69, 9.17) is 4.98 Å². The van der Waals surface area contributed by atoms with Gasteiger partial charge in [-0.15, -0.1) is 0 Å². The van der Waals surface area contributed by atoms with E-state index in [2.05, 4.69) is 10.4 Å². The first-order chi connectivity index (χ1) is 15.8. The Hall–Kier alpha value is -3.59. The van der Waals surface area contributed by atoms with Crippen LogP contribution in [0, 0.1) is 12.7 Å². The van der Waals surface area contributed by atoms with Crippen LogP contribution in [0.5, 0.6) is 0 Å². The zero-order chi connectivity index (χ0) is 23.2. The first kappa shape index (κ1) is 21.3. The molecule has 1 N–H and O–H groups in total. The molecule has 168 valence electrons. The number of nitrogens with zero attached hydrogens (tertiary/aromatic N) is 3. The van der Waals surface area contributed by atoms with Crippen LogP contribution in [-0.4, -0.2) is 40.6 Å². The minimum absolute atomic E-state index is 0.00864. The zero-order valence-corrected chi connectivity index (χ0v) is 18.6. The van der Waals surface area contributed by atoms with E-state index in [1.165, 1.54) is 18.2 Å². The minimum atomic E-state index is -3.14. The highest BCUT2D eigenvalue weighted by molar-refractivity contribution is 7.91. The van der Waals surface area contributed by atoms with Crippen molar-refractivity contribution < 1.29 is 17.6 Å². The molecule has 0 spiro atoms. The largest absolute Gasteiger partial charge is 0.322 e. The van der Waals surface area contributed by atoms with Crippen LogP contribution in [-0.2, 0) is 9.84 Å². The lowest BCUT2D eigenvalue weighted by molar-refractivity contribution is 0.102. The second kappa shape index (κ2) is 8.08. The average molecular weight is 465 g/mol. The number of hydrogen-bond donors (Lipinski definition) is 1. The molecule has 4 aromatic rings. The third kappa shape index (κ3) is 4.11. The van der Waals surface area contributed by atoms with Gasteiger partial charge in [0.2, 0.25) is 0 Å². The maximum atomic E-state index is 13.6. The second-order valence-corrected chi connectivity index (χ2v) is 10.4. The van der Waals surface area contributed by atoms with Crippen molar-refractivity contribution >= 4 is 32.5 Å². The topological polar surface area (TPSA) is 93.9 Å². The second-order valence-electron chi connectivity index (χ2n) is 8.17. The summed E-state index contributed by atoms with van der Waals surface area (Å²) in [6, 6.07) is 16.4. The number of amides is 1. The van der Waals surface area contributed by atoms with Gasteiger partial charge in [0.1, 0.15) is 5.82 Å². The van der Waals surface area contributed by atoms with Crippen molar-refractivity contribution in [2.45, 2.75) is 19.4 Å². The Balaban J connectivity index is 1.68. The van der Waals surface area contributed by atoms with Crippen molar-refractivity contribution in [3.63, 3.8) is 0 Å². The van der Waals surface area contributed by atoms with Gasteiger partial charge in [-0.2, -0.15) is 5.10 Å². The van der Waals surface area contributed by atoms with E-state index in [9.17, 15) is 17.6 Å². The van der Waals surface area contributed by atoms with Gasteiger partial charge in [0.25, 0.3) is 5.91 Å². The lowest BCUT2D eigenvalue weighted by Crippen LogP contribution is -2.15. The van der Waals surface area contributed by atoms with E-state index in [1.54, 1.807) is 23.7 Å². The Morgan fingerprint density at radius 1 is 1.12 bits per heavy atom. The number of fused-ring (bicyclic) bond motifs is 1. The molecule has 1 amide bonds. The van der Waals surface area contributed by atoms with Gasteiger partial charge < -0.3 is 5.32 Å². The molecule has 5 rings (SSSR count). The lowest BCUT2D eigenvalue weighted by Gasteiger charge is -2.12. The Bertz CT molecular complexity index is 1480. The van der Waals surface area contributed by atoms with Crippen LogP contribution < -0.4 is 5.32 Å². The third-order valence-electron chi connectivity index (χ3n) is 5.79. The summed E-state index contributed by atoms with van der Waals surface area (Å²) in [5.74, 6) is -0.787. The van der Waals surface area contributed by atoms with Crippen LogP contribution in [0.3, 0.4) is 0 Å². The van der Waals surface area contributed by atoms with Crippen molar-refractivity contribution in [2.75, 3.05) is 16.8 Å². The molecule has 1 fully saturated rings. The van der Waals surface area contributed by atoms with E-state index < -0.39 is 21.6 Å². The fourth-order valence-corrected chi connectivity index (χ4v) is 5.93. The molecule has 0 saturated carbocycles. The third-order valence-corrected chi connectivity index (χ3v) is 7.54. The number of carbonyl (C=O) groups is 1. The van der Waals surface area contributed by atoms with Gasteiger partial charge >= 0.3 is 0 Å². The zero-order valence-electron chi connectivity index (χ0n) is 17.8. The van der Waals surface area contributed by atoms with E-state index >= 15 is 0 Å². The molecule has 33 heavy (non-hydrogen) atoms. The molecule has 1 saturated heterocycles. The highest BCUT2D eigenvalue weighted by Crippen LogP contribution is 2.32.